The van der Waals surface area contributed by atoms with Crippen LogP contribution in [0.4, 0.5) is 4.39 Å². The normalized spacial score (nSPS) is 13.6. The van der Waals surface area contributed by atoms with Crippen LogP contribution in [0.2, 0.25) is 0 Å². The molecular formula is C17H17FO3. The van der Waals surface area contributed by atoms with E-state index in [1.54, 1.807) is 19.1 Å². The van der Waals surface area contributed by atoms with E-state index in [4.69, 9.17) is 4.74 Å². The summed E-state index contributed by atoms with van der Waals surface area (Å²) in [4.78, 5) is 22.2. The van der Waals surface area contributed by atoms with Gasteiger partial charge in [-0.1, -0.05) is 37.3 Å². The van der Waals surface area contributed by atoms with Crippen molar-refractivity contribution in [3.05, 3.63) is 48.0 Å². The summed E-state index contributed by atoms with van der Waals surface area (Å²) in [6.07, 6.45) is -1.17. The largest absolute Gasteiger partial charge is 0.462 e. The second-order valence-electron chi connectivity index (χ2n) is 5.15. The number of halogens is 1. The molecule has 0 spiro atoms. The Kier molecular flexibility index (Phi) is 5.04. The number of esters is 1. The zero-order chi connectivity index (χ0) is 15.2. The van der Waals surface area contributed by atoms with Crippen molar-refractivity contribution in [2.24, 2.45) is 5.92 Å². The van der Waals surface area contributed by atoms with Gasteiger partial charge in [-0.25, -0.2) is 9.18 Å². The lowest BCUT2D eigenvalue weighted by atomic mass is 10.1. The summed E-state index contributed by atoms with van der Waals surface area (Å²) in [7, 11) is 0. The third kappa shape index (κ3) is 4.12. The molecule has 2 rings (SSSR count). The molecule has 21 heavy (non-hydrogen) atoms. The summed E-state index contributed by atoms with van der Waals surface area (Å²) < 4.78 is 18.1. The van der Waals surface area contributed by atoms with Gasteiger partial charge in [-0.2, -0.15) is 0 Å². The zero-order valence-corrected chi connectivity index (χ0v) is 11.8. The topological polar surface area (TPSA) is 43.4 Å². The van der Waals surface area contributed by atoms with E-state index in [1.807, 2.05) is 30.3 Å². The SMILES string of the molecule is C[C@@H](COC(=O)c1ccc2ccccc2c1)C[C@H](F)C=O. The van der Waals surface area contributed by atoms with E-state index in [-0.39, 0.29) is 25.2 Å². The first-order chi connectivity index (χ1) is 10.1. The Bertz CT molecular complexity index is 639. The number of carbonyl (C=O) groups is 2. The van der Waals surface area contributed by atoms with Crippen LogP contribution in [0.15, 0.2) is 42.5 Å². The molecule has 2 atom stereocenters. The van der Waals surface area contributed by atoms with E-state index in [0.29, 0.717) is 5.56 Å². The van der Waals surface area contributed by atoms with Gasteiger partial charge >= 0.3 is 5.97 Å². The van der Waals surface area contributed by atoms with Crippen LogP contribution < -0.4 is 0 Å². The summed E-state index contributed by atoms with van der Waals surface area (Å²) in [6, 6.07) is 13.1. The molecule has 4 heteroatoms. The quantitative estimate of drug-likeness (QED) is 0.603. The van der Waals surface area contributed by atoms with Gasteiger partial charge in [-0.15, -0.1) is 0 Å². The van der Waals surface area contributed by atoms with Crippen molar-refractivity contribution in [3.63, 3.8) is 0 Å². The summed E-state index contributed by atoms with van der Waals surface area (Å²) in [5, 5.41) is 2.01. The van der Waals surface area contributed by atoms with Crippen molar-refractivity contribution >= 4 is 23.0 Å². The smallest absolute Gasteiger partial charge is 0.338 e. The Morgan fingerprint density at radius 2 is 1.95 bits per heavy atom. The van der Waals surface area contributed by atoms with E-state index in [9.17, 15) is 14.0 Å². The van der Waals surface area contributed by atoms with Crippen molar-refractivity contribution in [2.75, 3.05) is 6.61 Å². The van der Waals surface area contributed by atoms with Gasteiger partial charge in [0.25, 0.3) is 0 Å². The van der Waals surface area contributed by atoms with Crippen LogP contribution in [0.1, 0.15) is 23.7 Å². The Balaban J connectivity index is 1.97. The standard InChI is InChI=1S/C17H17FO3/c1-12(8-16(18)10-19)11-21-17(20)15-7-6-13-4-2-3-5-14(13)9-15/h2-7,9-10,12,16H,8,11H2,1H3/t12-,16+/m1/s1. The fourth-order valence-corrected chi connectivity index (χ4v) is 2.13. The molecule has 0 bridgehead atoms. The highest BCUT2D eigenvalue weighted by Gasteiger charge is 2.14. The third-order valence-electron chi connectivity index (χ3n) is 3.26. The number of rotatable bonds is 6. The maximum atomic E-state index is 12.9. The average molecular weight is 288 g/mol. The fraction of sp³-hybridized carbons (Fsp3) is 0.294. The predicted octanol–water partition coefficient (Wildman–Crippen LogP) is 3.56. The lowest BCUT2D eigenvalue weighted by Crippen LogP contribution is -2.16. The molecule has 2 aromatic rings. The second kappa shape index (κ2) is 6.97. The highest BCUT2D eigenvalue weighted by Crippen LogP contribution is 2.17. The minimum absolute atomic E-state index is 0.0640. The van der Waals surface area contributed by atoms with Gasteiger partial charge in [0.2, 0.25) is 0 Å². The number of ether oxygens (including phenoxy) is 1. The van der Waals surface area contributed by atoms with Crippen LogP contribution in [0.25, 0.3) is 10.8 Å². The number of fused-ring (bicyclic) bond motifs is 1. The lowest BCUT2D eigenvalue weighted by Gasteiger charge is -2.12. The Morgan fingerprint density at radius 3 is 2.67 bits per heavy atom. The molecule has 0 aliphatic rings. The van der Waals surface area contributed by atoms with Gasteiger partial charge in [-0.05, 0) is 35.2 Å². The highest BCUT2D eigenvalue weighted by atomic mass is 19.1. The van der Waals surface area contributed by atoms with Crippen molar-refractivity contribution in [3.8, 4) is 0 Å². The first kappa shape index (κ1) is 15.2. The molecule has 0 aromatic heterocycles. The minimum Gasteiger partial charge on any atom is -0.462 e. The van der Waals surface area contributed by atoms with Crippen molar-refractivity contribution in [1.82, 2.24) is 0 Å². The Hall–Kier alpha value is -2.23. The van der Waals surface area contributed by atoms with Crippen LogP contribution in [0.5, 0.6) is 0 Å². The van der Waals surface area contributed by atoms with Crippen LogP contribution in [-0.4, -0.2) is 25.0 Å². The number of hydrogen-bond acceptors (Lipinski definition) is 3. The minimum atomic E-state index is -1.50. The number of hydrogen-bond donors (Lipinski definition) is 0. The monoisotopic (exact) mass is 288 g/mol. The molecule has 0 N–H and O–H groups in total. The van der Waals surface area contributed by atoms with Crippen LogP contribution >= 0.6 is 0 Å². The molecule has 0 saturated carbocycles. The molecule has 2 aromatic carbocycles. The summed E-state index contributed by atoms with van der Waals surface area (Å²) in [6.45, 7) is 1.84. The zero-order valence-electron chi connectivity index (χ0n) is 11.8. The molecule has 110 valence electrons. The third-order valence-corrected chi connectivity index (χ3v) is 3.26. The molecule has 3 nitrogen and oxygen atoms in total. The highest BCUT2D eigenvalue weighted by molar-refractivity contribution is 5.95. The number of aldehydes is 1. The van der Waals surface area contributed by atoms with Crippen molar-refractivity contribution < 1.29 is 18.7 Å². The molecule has 0 heterocycles. The van der Waals surface area contributed by atoms with E-state index >= 15 is 0 Å². The molecule has 0 aliphatic carbocycles. The van der Waals surface area contributed by atoms with Crippen LogP contribution in [-0.2, 0) is 9.53 Å². The number of alkyl halides is 1. The van der Waals surface area contributed by atoms with Gasteiger partial charge in [0, 0.05) is 0 Å². The number of benzene rings is 2. The Labute approximate surface area is 122 Å². The summed E-state index contributed by atoms with van der Waals surface area (Å²) >= 11 is 0. The van der Waals surface area contributed by atoms with E-state index in [2.05, 4.69) is 0 Å². The van der Waals surface area contributed by atoms with E-state index in [1.165, 1.54) is 0 Å². The average Bonchev–Trinajstić information content (AvgIpc) is 2.51. The summed E-state index contributed by atoms with van der Waals surface area (Å²) in [5.41, 5.74) is 0.466. The summed E-state index contributed by atoms with van der Waals surface area (Å²) in [5.74, 6) is -0.635. The maximum absolute atomic E-state index is 12.9. The maximum Gasteiger partial charge on any atom is 0.338 e. The van der Waals surface area contributed by atoms with E-state index in [0.717, 1.165) is 10.8 Å². The fourth-order valence-electron chi connectivity index (χ4n) is 2.13. The molecule has 0 aliphatic heterocycles. The van der Waals surface area contributed by atoms with Crippen molar-refractivity contribution in [1.29, 1.82) is 0 Å². The van der Waals surface area contributed by atoms with Gasteiger partial charge < -0.3 is 9.53 Å². The van der Waals surface area contributed by atoms with E-state index < -0.39 is 12.1 Å². The first-order valence-corrected chi connectivity index (χ1v) is 6.85. The molecule has 0 amide bonds. The van der Waals surface area contributed by atoms with Crippen molar-refractivity contribution in [2.45, 2.75) is 19.5 Å². The van der Waals surface area contributed by atoms with Crippen LogP contribution in [0.3, 0.4) is 0 Å². The Morgan fingerprint density at radius 1 is 1.24 bits per heavy atom. The molecule has 0 unspecified atom stereocenters. The number of carbonyl (C=O) groups excluding carboxylic acids is 2. The second-order valence-corrected chi connectivity index (χ2v) is 5.15. The first-order valence-electron chi connectivity index (χ1n) is 6.85. The van der Waals surface area contributed by atoms with Gasteiger partial charge in [0.15, 0.2) is 12.5 Å². The molecule has 0 radical (unpaired) electrons. The van der Waals surface area contributed by atoms with Gasteiger partial charge in [-0.3, -0.25) is 0 Å². The molecule has 0 saturated heterocycles. The van der Waals surface area contributed by atoms with Crippen LogP contribution in [0, 0.1) is 5.92 Å². The van der Waals surface area contributed by atoms with Gasteiger partial charge in [0.05, 0.1) is 12.2 Å². The van der Waals surface area contributed by atoms with Gasteiger partial charge in [0.1, 0.15) is 0 Å². The molecule has 0 fully saturated rings. The molecular weight excluding hydrogens is 271 g/mol. The predicted molar refractivity (Wildman–Crippen MR) is 79.0 cm³/mol. The lowest BCUT2D eigenvalue weighted by molar-refractivity contribution is -0.112.